The minimum Gasteiger partial charge on any atom is -0.481 e. The summed E-state index contributed by atoms with van der Waals surface area (Å²) in [6.45, 7) is 4.60. The Labute approximate surface area is 677 Å². The molecule has 1 aliphatic rings. The van der Waals surface area contributed by atoms with Gasteiger partial charge in [-0.2, -0.15) is 25.3 Å². The van der Waals surface area contributed by atoms with Gasteiger partial charge in [-0.1, -0.05) is 58.0 Å². The second-order valence-electron chi connectivity index (χ2n) is 27.9. The highest BCUT2D eigenvalue weighted by molar-refractivity contribution is 7.80. The Hall–Kier alpha value is -10.8. The third kappa shape index (κ3) is 37.2. The number of hydrogen-bond acceptors (Lipinski definition) is 26. The number of rotatable bonds is 56. The van der Waals surface area contributed by atoms with Crippen LogP contribution in [0.2, 0.25) is 0 Å². The van der Waals surface area contributed by atoms with Crippen molar-refractivity contribution in [2.75, 3.05) is 44.3 Å². The number of aliphatic carboxylic acids is 6. The van der Waals surface area contributed by atoms with E-state index in [-0.39, 0.29) is 82.0 Å². The molecule has 1 fully saturated rings. The third-order valence-electron chi connectivity index (χ3n) is 17.7. The fraction of sp³-hybridized carbons (Fsp3) is 0.629. The molecule has 1 saturated heterocycles. The quantitative estimate of drug-likeness (QED) is 0.0213. The van der Waals surface area contributed by atoms with E-state index in [0.29, 0.717) is 24.8 Å². The lowest BCUT2D eigenvalue weighted by Gasteiger charge is -2.31. The molecule has 1 aliphatic heterocycles. The molecule has 116 heavy (non-hydrogen) atoms. The number of hydrogen-bond donors (Lipinski definition) is 25. The van der Waals surface area contributed by atoms with Crippen LogP contribution in [0, 0.1) is 11.8 Å². The lowest BCUT2D eigenvalue weighted by molar-refractivity contribution is -0.144. The Morgan fingerprint density at radius 1 is 0.431 bits per heavy atom. The predicted octanol–water partition coefficient (Wildman–Crippen LogP) is -7.47. The first-order chi connectivity index (χ1) is 54.6. The molecular formula is C70H109N17O27S2. The van der Waals surface area contributed by atoms with Crippen molar-refractivity contribution in [3.8, 4) is 0 Å². The van der Waals surface area contributed by atoms with Crippen molar-refractivity contribution in [3.63, 3.8) is 0 Å². The predicted molar refractivity (Wildman–Crippen MR) is 412 cm³/mol. The third-order valence-corrected chi connectivity index (χ3v) is 18.4. The molecule has 0 radical (unpaired) electrons. The topological polar surface area (TPSA) is 721 Å². The molecule has 1 aromatic rings. The SMILES string of the molecule is CC(C)C[C@H](NC(=O)[C@@H](NC(=O)[C@@H]1CCCN1C(=O)[C@H](CCC(=O)O)NC(=O)[C@H](CO)NC(=O)[C@H](CC(=O)O)NC(=O)[C@H](CC(=O)O)NC(=O)[C@H](CCC(=O)O)NC(=O)[C@H](CC(=O)O)NC(=O)[C@H](Cc1ccccc1)NC(=O)[C@H](CCCCN)NC(=O)[C@H](CS)NC(=O)[C@@H](N)CS)C(C)C)C(=O)N[C@@H](CCCCN)C(=O)NCC(=O)O. The molecule has 0 spiro atoms. The number of likely N-dealkylation sites (tertiary alicyclic amines) is 1. The molecule has 46 heteroatoms. The molecule has 648 valence electrons. The van der Waals surface area contributed by atoms with E-state index in [1.165, 1.54) is 12.1 Å². The molecular weight excluding hydrogens is 1570 g/mol. The lowest BCUT2D eigenvalue weighted by atomic mass is 9.99. The molecule has 0 unspecified atom stereocenters. The summed E-state index contributed by atoms with van der Waals surface area (Å²) in [6.07, 6.45) is -6.59. The van der Waals surface area contributed by atoms with Gasteiger partial charge < -0.3 is 127 Å². The van der Waals surface area contributed by atoms with Crippen LogP contribution in [0.3, 0.4) is 0 Å². The highest BCUT2D eigenvalue weighted by Gasteiger charge is 2.43. The van der Waals surface area contributed by atoms with Gasteiger partial charge >= 0.3 is 35.8 Å². The van der Waals surface area contributed by atoms with E-state index in [1.54, 1.807) is 45.9 Å². The highest BCUT2D eigenvalue weighted by atomic mass is 32.1. The molecule has 44 nitrogen and oxygen atoms in total. The van der Waals surface area contributed by atoms with E-state index in [1.807, 2.05) is 16.0 Å². The molecule has 1 aromatic carbocycles. The molecule has 26 N–H and O–H groups in total. The van der Waals surface area contributed by atoms with Crippen LogP contribution in [0.5, 0.6) is 0 Å². The first-order valence-electron chi connectivity index (χ1n) is 37.2. The van der Waals surface area contributed by atoms with E-state index < -0.39 is 267 Å². The van der Waals surface area contributed by atoms with Gasteiger partial charge in [0.25, 0.3) is 0 Å². The van der Waals surface area contributed by atoms with Gasteiger partial charge in [-0.25, -0.2) is 0 Å². The van der Waals surface area contributed by atoms with Gasteiger partial charge in [0.1, 0.15) is 85.1 Å². The van der Waals surface area contributed by atoms with Gasteiger partial charge in [-0.15, -0.1) is 0 Å². The summed E-state index contributed by atoms with van der Waals surface area (Å²) >= 11 is 8.11. The monoisotopic (exact) mass is 1680 g/mol. The van der Waals surface area contributed by atoms with E-state index in [0.717, 1.165) is 4.90 Å². The Morgan fingerprint density at radius 3 is 1.25 bits per heavy atom. The van der Waals surface area contributed by atoms with Crippen molar-refractivity contribution in [2.45, 2.75) is 221 Å². The molecule has 2 rings (SSSR count). The smallest absolute Gasteiger partial charge is 0.322 e. The van der Waals surface area contributed by atoms with Crippen LogP contribution in [0.15, 0.2) is 30.3 Å². The molecule has 1 heterocycles. The maximum absolute atomic E-state index is 14.5. The minimum absolute atomic E-state index is 0.00818. The lowest BCUT2D eigenvalue weighted by Crippen LogP contribution is -2.62. The highest BCUT2D eigenvalue weighted by Crippen LogP contribution is 2.22. The summed E-state index contributed by atoms with van der Waals surface area (Å²) in [5, 5.41) is 98.3. The largest absolute Gasteiger partial charge is 0.481 e. The molecule has 0 saturated carbocycles. The average molecular weight is 1680 g/mol. The number of carboxylic acids is 6. The van der Waals surface area contributed by atoms with E-state index in [2.05, 4.69) is 78.4 Å². The van der Waals surface area contributed by atoms with Crippen LogP contribution in [-0.4, -0.2) is 288 Å². The number of thiol groups is 2. The Balaban J connectivity index is 2.49. The number of nitrogens with one attached hydrogen (secondary N) is 13. The van der Waals surface area contributed by atoms with Gasteiger partial charge in [-0.05, 0) is 101 Å². The van der Waals surface area contributed by atoms with Crippen LogP contribution < -0.4 is 86.3 Å². The van der Waals surface area contributed by atoms with Crippen molar-refractivity contribution in [3.05, 3.63) is 35.9 Å². The van der Waals surface area contributed by atoms with Gasteiger partial charge in [0.15, 0.2) is 0 Å². The number of aliphatic hydroxyl groups excluding tert-OH is 1. The number of carboxylic acid groups (broad SMARTS) is 6. The van der Waals surface area contributed by atoms with Crippen molar-refractivity contribution < 1.29 is 132 Å². The van der Waals surface area contributed by atoms with E-state index >= 15 is 0 Å². The molecule has 14 atom stereocenters. The minimum atomic E-state index is -2.40. The van der Waals surface area contributed by atoms with Gasteiger partial charge in [-0.3, -0.25) is 95.9 Å². The normalized spacial score (nSPS) is 15.8. The van der Waals surface area contributed by atoms with E-state index in [4.69, 9.17) is 22.3 Å². The Kier molecular flexibility index (Phi) is 45.9. The van der Waals surface area contributed by atoms with Crippen LogP contribution in [-0.2, 0) is 102 Å². The molecule has 14 amide bonds. The van der Waals surface area contributed by atoms with Crippen molar-refractivity contribution in [1.29, 1.82) is 0 Å². The van der Waals surface area contributed by atoms with Crippen molar-refractivity contribution >= 4 is 144 Å². The number of benzene rings is 1. The number of amides is 14. The van der Waals surface area contributed by atoms with Gasteiger partial charge in [0.05, 0.1) is 31.9 Å². The summed E-state index contributed by atoms with van der Waals surface area (Å²) in [5.41, 5.74) is 17.4. The summed E-state index contributed by atoms with van der Waals surface area (Å²) in [6, 6.07) is -16.5. The van der Waals surface area contributed by atoms with Crippen molar-refractivity contribution in [2.24, 2.45) is 29.0 Å². The zero-order valence-electron chi connectivity index (χ0n) is 64.5. The first kappa shape index (κ1) is 101. The number of aliphatic hydroxyl groups is 1. The number of nitrogens with two attached hydrogens (primary N) is 3. The fourth-order valence-corrected chi connectivity index (χ4v) is 12.0. The van der Waals surface area contributed by atoms with Gasteiger partial charge in [0.2, 0.25) is 82.7 Å². The van der Waals surface area contributed by atoms with Crippen LogP contribution in [0.25, 0.3) is 0 Å². The zero-order valence-corrected chi connectivity index (χ0v) is 66.3. The average Bonchev–Trinajstić information content (AvgIpc) is 1.64. The molecule has 0 bridgehead atoms. The van der Waals surface area contributed by atoms with Crippen LogP contribution >= 0.6 is 25.3 Å². The number of unbranched alkanes of at least 4 members (excludes halogenated alkanes) is 2. The maximum atomic E-state index is 14.5. The van der Waals surface area contributed by atoms with E-state index in [9.17, 15) is 127 Å². The Morgan fingerprint density at radius 2 is 0.819 bits per heavy atom. The molecule has 0 aromatic heterocycles. The summed E-state index contributed by atoms with van der Waals surface area (Å²) in [4.78, 5) is 268. The molecule has 0 aliphatic carbocycles. The van der Waals surface area contributed by atoms with Crippen LogP contribution in [0.4, 0.5) is 0 Å². The Bertz CT molecular complexity index is 3600. The summed E-state index contributed by atoms with van der Waals surface area (Å²) in [5.74, 6) is -27.7. The second kappa shape index (κ2) is 52.6. The van der Waals surface area contributed by atoms with Crippen LogP contribution in [0.1, 0.15) is 136 Å². The fourth-order valence-electron chi connectivity index (χ4n) is 11.5. The standard InChI is InChI=1S/C70H109N17O27S2/c1-34(2)25-42(61(105)75-38(15-8-10-22-71)58(102)74-30-55(99)100)83-69(113)56(35(3)4)86-68(112)49-17-12-24-87(49)70(114)41(19-21-51(91)92)78-66(110)47(31-88)84-65(109)46(29-54(97)98)82-64(108)45(28-53(95)96)80-60(104)40(18-20-50(89)90)77-63(107)44(27-52(93)94)81-62(106)43(26-36-13-6-5-7-14-36)79-59(103)39(16-9-11-23-72)76-67(111)48(33-116)85-57(101)37(73)32-115/h5-7,13-14,34-35,37-49,56,88,115-116H,8-12,15-33,71-73H2,1-4H3,(H,74,102)(H,75,105)(H,76,111)(H,77,107)(H,78,110)(H,79,103)(H,80,104)(H,81,106)(H,82,108)(H,83,113)(H,84,109)(H,85,101)(H,86,112)(H,89,90)(H,91,92)(H,93,94)(H,95,96)(H,97,98)(H,99,100)/t37-,38-,39-,40-,41-,42-,43-,44-,45-,46-,47-,48-,49-,56-/m0/s1. The van der Waals surface area contributed by atoms with Gasteiger partial charge in [0, 0.05) is 37.3 Å². The number of carbonyl (C=O) groups excluding carboxylic acids is 14. The summed E-state index contributed by atoms with van der Waals surface area (Å²) in [7, 11) is 0. The summed E-state index contributed by atoms with van der Waals surface area (Å²) < 4.78 is 0. The zero-order chi connectivity index (χ0) is 87.6. The first-order valence-corrected chi connectivity index (χ1v) is 38.4. The number of nitrogens with zero attached hydrogens (tertiary/aromatic N) is 1. The number of carbonyl (C=O) groups is 20. The van der Waals surface area contributed by atoms with Crippen molar-refractivity contribution in [1.82, 2.24) is 74.0 Å². The second-order valence-corrected chi connectivity index (χ2v) is 28.6. The maximum Gasteiger partial charge on any atom is 0.322 e.